The lowest BCUT2D eigenvalue weighted by Gasteiger charge is -2.25. The van der Waals surface area contributed by atoms with E-state index in [1.54, 1.807) is 36.4 Å². The Morgan fingerprint density at radius 1 is 1.00 bits per heavy atom. The van der Waals surface area contributed by atoms with Gasteiger partial charge in [-0.3, -0.25) is 9.10 Å². The summed E-state index contributed by atoms with van der Waals surface area (Å²) in [4.78, 5) is 12.5. The Balaban J connectivity index is 2.00. The fourth-order valence-corrected chi connectivity index (χ4v) is 4.28. The smallest absolute Gasteiger partial charge is 0.264 e. The molecular formula is C20H24N2O3S. The fourth-order valence-electron chi connectivity index (χ4n) is 2.88. The summed E-state index contributed by atoms with van der Waals surface area (Å²) in [5, 5.41) is 2.87. The van der Waals surface area contributed by atoms with Gasteiger partial charge in [0, 0.05) is 6.04 Å². The molecule has 138 valence electrons. The van der Waals surface area contributed by atoms with E-state index in [1.165, 1.54) is 4.31 Å². The molecule has 2 aromatic rings. The first kappa shape index (κ1) is 18.5. The maximum absolute atomic E-state index is 13.2. The number of aryl methyl sites for hydroxylation is 3. The van der Waals surface area contributed by atoms with E-state index in [0.29, 0.717) is 5.69 Å². The first-order valence-corrected chi connectivity index (χ1v) is 10.2. The molecule has 1 aliphatic carbocycles. The van der Waals surface area contributed by atoms with E-state index in [4.69, 9.17) is 0 Å². The number of carbonyl (C=O) groups is 1. The van der Waals surface area contributed by atoms with Crippen LogP contribution in [0.3, 0.4) is 0 Å². The van der Waals surface area contributed by atoms with Crippen LogP contribution in [0.2, 0.25) is 0 Å². The zero-order chi connectivity index (χ0) is 18.9. The maximum atomic E-state index is 13.2. The number of hydrogen-bond acceptors (Lipinski definition) is 3. The Labute approximate surface area is 155 Å². The van der Waals surface area contributed by atoms with Gasteiger partial charge in [0.25, 0.3) is 10.0 Å². The summed E-state index contributed by atoms with van der Waals surface area (Å²) in [5.74, 6) is -0.276. The topological polar surface area (TPSA) is 66.5 Å². The van der Waals surface area contributed by atoms with Crippen molar-refractivity contribution in [1.29, 1.82) is 0 Å². The van der Waals surface area contributed by atoms with Gasteiger partial charge in [0.1, 0.15) is 6.54 Å². The molecule has 0 saturated heterocycles. The number of benzene rings is 2. The van der Waals surface area contributed by atoms with Crippen LogP contribution in [0.25, 0.3) is 0 Å². The lowest BCUT2D eigenvalue weighted by Crippen LogP contribution is -2.41. The Morgan fingerprint density at radius 2 is 1.58 bits per heavy atom. The van der Waals surface area contributed by atoms with Crippen LogP contribution in [0.15, 0.2) is 47.4 Å². The zero-order valence-corrected chi connectivity index (χ0v) is 16.1. The molecule has 5 nitrogen and oxygen atoms in total. The molecule has 0 unspecified atom stereocenters. The third kappa shape index (κ3) is 4.25. The molecule has 3 rings (SSSR count). The molecule has 0 radical (unpaired) electrons. The maximum Gasteiger partial charge on any atom is 0.264 e. The minimum absolute atomic E-state index is 0.182. The van der Waals surface area contributed by atoms with Crippen molar-refractivity contribution >= 4 is 21.6 Å². The van der Waals surface area contributed by atoms with Gasteiger partial charge in [-0.25, -0.2) is 8.42 Å². The molecule has 1 amide bonds. The predicted molar refractivity (Wildman–Crippen MR) is 103 cm³/mol. The second-order valence-corrected chi connectivity index (χ2v) is 8.87. The molecule has 0 atom stereocenters. The van der Waals surface area contributed by atoms with Crippen molar-refractivity contribution < 1.29 is 13.2 Å². The minimum atomic E-state index is -3.84. The van der Waals surface area contributed by atoms with Crippen LogP contribution in [0.5, 0.6) is 0 Å². The average Bonchev–Trinajstić information content (AvgIpc) is 3.36. The molecule has 1 aliphatic rings. The van der Waals surface area contributed by atoms with E-state index in [-0.39, 0.29) is 23.4 Å². The molecule has 1 saturated carbocycles. The van der Waals surface area contributed by atoms with Gasteiger partial charge in [0.15, 0.2) is 0 Å². The van der Waals surface area contributed by atoms with Crippen LogP contribution in [-0.2, 0) is 14.8 Å². The van der Waals surface area contributed by atoms with Crippen LogP contribution < -0.4 is 9.62 Å². The summed E-state index contributed by atoms with van der Waals surface area (Å²) < 4.78 is 27.7. The molecule has 0 heterocycles. The SMILES string of the molecule is Cc1ccc(S(=O)(=O)N(CC(=O)NC2CC2)c2cc(C)cc(C)c2)cc1. The van der Waals surface area contributed by atoms with Crippen molar-refractivity contribution in [1.82, 2.24) is 5.32 Å². The number of rotatable bonds is 6. The monoisotopic (exact) mass is 372 g/mol. The molecule has 0 aromatic heterocycles. The number of sulfonamides is 1. The standard InChI is InChI=1S/C20H24N2O3S/c1-14-4-8-19(9-5-14)26(24,25)22(13-20(23)21-17-6-7-17)18-11-15(2)10-16(3)12-18/h4-5,8-12,17H,6-7,13H2,1-3H3,(H,21,23). The summed E-state index contributed by atoms with van der Waals surface area (Å²) >= 11 is 0. The van der Waals surface area contributed by atoms with E-state index < -0.39 is 10.0 Å². The third-order valence-corrected chi connectivity index (χ3v) is 6.12. The minimum Gasteiger partial charge on any atom is -0.352 e. The summed E-state index contributed by atoms with van der Waals surface area (Å²) in [6.07, 6.45) is 1.92. The second-order valence-electron chi connectivity index (χ2n) is 7.01. The Hall–Kier alpha value is -2.34. The first-order valence-electron chi connectivity index (χ1n) is 8.73. The van der Waals surface area contributed by atoms with Crippen molar-refractivity contribution in [3.8, 4) is 0 Å². The van der Waals surface area contributed by atoms with Gasteiger partial charge in [-0.1, -0.05) is 23.8 Å². The summed E-state index contributed by atoms with van der Waals surface area (Å²) in [6, 6.07) is 12.4. The van der Waals surface area contributed by atoms with Crippen molar-refractivity contribution in [2.45, 2.75) is 44.6 Å². The molecule has 0 aliphatic heterocycles. The Bertz CT molecular complexity index is 896. The largest absolute Gasteiger partial charge is 0.352 e. The van der Waals surface area contributed by atoms with Crippen molar-refractivity contribution in [2.24, 2.45) is 0 Å². The summed E-state index contributed by atoms with van der Waals surface area (Å²) in [6.45, 7) is 5.51. The lowest BCUT2D eigenvalue weighted by atomic mass is 10.1. The highest BCUT2D eigenvalue weighted by molar-refractivity contribution is 7.92. The molecule has 1 N–H and O–H groups in total. The van der Waals surface area contributed by atoms with E-state index in [2.05, 4.69) is 5.32 Å². The zero-order valence-electron chi connectivity index (χ0n) is 15.3. The van der Waals surface area contributed by atoms with Crippen LogP contribution in [-0.4, -0.2) is 26.9 Å². The molecule has 0 spiro atoms. The van der Waals surface area contributed by atoms with Gasteiger partial charge in [-0.05, 0) is 69.0 Å². The van der Waals surface area contributed by atoms with Gasteiger partial charge in [0.2, 0.25) is 5.91 Å². The van der Waals surface area contributed by atoms with E-state index in [9.17, 15) is 13.2 Å². The summed E-state index contributed by atoms with van der Waals surface area (Å²) in [7, 11) is -3.84. The highest BCUT2D eigenvalue weighted by Gasteiger charge is 2.30. The fraction of sp³-hybridized carbons (Fsp3) is 0.350. The highest BCUT2D eigenvalue weighted by atomic mass is 32.2. The molecular weight excluding hydrogens is 348 g/mol. The molecule has 26 heavy (non-hydrogen) atoms. The van der Waals surface area contributed by atoms with E-state index in [1.807, 2.05) is 26.8 Å². The van der Waals surface area contributed by atoms with Crippen molar-refractivity contribution in [2.75, 3.05) is 10.8 Å². The Kier molecular flexibility index (Phi) is 5.05. The predicted octanol–water partition coefficient (Wildman–Crippen LogP) is 3.09. The molecule has 6 heteroatoms. The third-order valence-electron chi connectivity index (χ3n) is 4.33. The highest BCUT2D eigenvalue weighted by Crippen LogP contribution is 2.26. The van der Waals surface area contributed by atoms with Crippen LogP contribution in [0.1, 0.15) is 29.5 Å². The number of anilines is 1. The van der Waals surface area contributed by atoms with Gasteiger partial charge < -0.3 is 5.32 Å². The first-order chi connectivity index (χ1) is 12.3. The summed E-state index contributed by atoms with van der Waals surface area (Å²) in [5.41, 5.74) is 3.39. The van der Waals surface area contributed by atoms with E-state index >= 15 is 0 Å². The van der Waals surface area contributed by atoms with Crippen LogP contribution in [0.4, 0.5) is 5.69 Å². The van der Waals surface area contributed by atoms with Crippen LogP contribution >= 0.6 is 0 Å². The number of amides is 1. The van der Waals surface area contributed by atoms with Gasteiger partial charge >= 0.3 is 0 Å². The van der Waals surface area contributed by atoms with E-state index in [0.717, 1.165) is 29.5 Å². The quantitative estimate of drug-likeness (QED) is 0.847. The normalized spacial score (nSPS) is 14.1. The van der Waals surface area contributed by atoms with Gasteiger partial charge in [0.05, 0.1) is 10.6 Å². The Morgan fingerprint density at radius 3 is 2.12 bits per heavy atom. The number of nitrogens with zero attached hydrogens (tertiary/aromatic N) is 1. The van der Waals surface area contributed by atoms with Crippen LogP contribution in [0, 0.1) is 20.8 Å². The van der Waals surface area contributed by atoms with Crippen molar-refractivity contribution in [3.63, 3.8) is 0 Å². The number of hydrogen-bond donors (Lipinski definition) is 1. The number of carbonyl (C=O) groups excluding carboxylic acids is 1. The molecule has 1 fully saturated rings. The van der Waals surface area contributed by atoms with Gasteiger partial charge in [-0.2, -0.15) is 0 Å². The number of nitrogens with one attached hydrogen (secondary N) is 1. The average molecular weight is 372 g/mol. The lowest BCUT2D eigenvalue weighted by molar-refractivity contribution is -0.119. The van der Waals surface area contributed by atoms with Crippen molar-refractivity contribution in [3.05, 3.63) is 59.2 Å². The second kappa shape index (κ2) is 7.11. The molecule has 0 bridgehead atoms. The van der Waals surface area contributed by atoms with Gasteiger partial charge in [-0.15, -0.1) is 0 Å². The molecule has 2 aromatic carbocycles.